The first kappa shape index (κ1) is 25.9. The zero-order valence-corrected chi connectivity index (χ0v) is 20.9. The number of hydrogen-bond donors (Lipinski definition) is 1. The molecule has 0 aliphatic carbocycles. The molecule has 0 radical (unpaired) electrons. The Morgan fingerprint density at radius 2 is 1.91 bits per heavy atom. The van der Waals surface area contributed by atoms with Crippen LogP contribution in [0.2, 0.25) is 10.0 Å². The van der Waals surface area contributed by atoms with Gasteiger partial charge in [-0.05, 0) is 60.9 Å². The Kier molecular flexibility index (Phi) is 8.97. The number of nitriles is 1. The van der Waals surface area contributed by atoms with Crippen molar-refractivity contribution in [3.63, 3.8) is 0 Å². The van der Waals surface area contributed by atoms with Crippen LogP contribution in [0, 0.1) is 18.3 Å². The summed E-state index contributed by atoms with van der Waals surface area (Å²) in [4.78, 5) is 12.8. The normalized spacial score (nSPS) is 10.9. The number of ether oxygens (including phenoxy) is 2. The highest BCUT2D eigenvalue weighted by Crippen LogP contribution is 2.35. The van der Waals surface area contributed by atoms with Gasteiger partial charge in [-0.15, -0.1) is 6.58 Å². The van der Waals surface area contributed by atoms with Gasteiger partial charge < -0.3 is 14.8 Å². The molecule has 0 bridgehead atoms. The van der Waals surface area contributed by atoms with Crippen LogP contribution in [-0.2, 0) is 17.8 Å². The maximum atomic E-state index is 12.8. The number of rotatable bonds is 9. The van der Waals surface area contributed by atoms with E-state index in [0.717, 1.165) is 16.7 Å². The molecule has 0 aliphatic heterocycles. The summed E-state index contributed by atoms with van der Waals surface area (Å²) in [6, 6.07) is 18.1. The fourth-order valence-electron chi connectivity index (χ4n) is 3.40. The lowest BCUT2D eigenvalue weighted by molar-refractivity contribution is -0.112. The molecule has 1 amide bonds. The number of aryl methyl sites for hydroxylation is 1. The van der Waals surface area contributed by atoms with Crippen molar-refractivity contribution in [1.82, 2.24) is 0 Å². The first-order valence-electron chi connectivity index (χ1n) is 10.7. The molecule has 1 N–H and O–H groups in total. The summed E-state index contributed by atoms with van der Waals surface area (Å²) in [5.74, 6) is 0.486. The first-order valence-corrected chi connectivity index (χ1v) is 11.5. The smallest absolute Gasteiger partial charge is 0.266 e. The van der Waals surface area contributed by atoms with E-state index in [2.05, 4.69) is 11.9 Å². The highest BCUT2D eigenvalue weighted by Gasteiger charge is 2.16. The van der Waals surface area contributed by atoms with Crippen molar-refractivity contribution in [1.29, 1.82) is 5.26 Å². The Hall–Kier alpha value is -3.72. The Labute approximate surface area is 215 Å². The van der Waals surface area contributed by atoms with E-state index in [1.54, 1.807) is 36.4 Å². The molecule has 3 aromatic carbocycles. The van der Waals surface area contributed by atoms with Gasteiger partial charge in [0.25, 0.3) is 5.91 Å². The van der Waals surface area contributed by atoms with E-state index in [-0.39, 0.29) is 12.2 Å². The number of benzene rings is 3. The zero-order valence-electron chi connectivity index (χ0n) is 19.4. The molecule has 0 aromatic heterocycles. The maximum absolute atomic E-state index is 12.8. The molecule has 5 nitrogen and oxygen atoms in total. The third kappa shape index (κ3) is 6.66. The second-order valence-corrected chi connectivity index (χ2v) is 8.51. The van der Waals surface area contributed by atoms with Crippen molar-refractivity contribution in [3.05, 3.63) is 105 Å². The van der Waals surface area contributed by atoms with Crippen molar-refractivity contribution in [2.45, 2.75) is 20.0 Å². The van der Waals surface area contributed by atoms with Crippen molar-refractivity contribution in [2.75, 3.05) is 12.4 Å². The molecule has 3 aromatic rings. The molecular formula is C28H24Cl2N2O3. The summed E-state index contributed by atoms with van der Waals surface area (Å²) in [6.07, 6.45) is 3.74. The second kappa shape index (κ2) is 12.1. The van der Waals surface area contributed by atoms with Crippen LogP contribution in [0.15, 0.2) is 72.8 Å². The number of carbonyl (C=O) groups excluding carboxylic acids is 1. The molecule has 0 saturated heterocycles. The van der Waals surface area contributed by atoms with Gasteiger partial charge in [-0.3, -0.25) is 4.79 Å². The Morgan fingerprint density at radius 1 is 1.14 bits per heavy atom. The van der Waals surface area contributed by atoms with Gasteiger partial charge in [0, 0.05) is 26.9 Å². The van der Waals surface area contributed by atoms with Gasteiger partial charge in [0.2, 0.25) is 0 Å². The van der Waals surface area contributed by atoms with Crippen molar-refractivity contribution < 1.29 is 14.3 Å². The molecule has 35 heavy (non-hydrogen) atoms. The maximum Gasteiger partial charge on any atom is 0.266 e. The average Bonchev–Trinajstić information content (AvgIpc) is 2.84. The predicted molar refractivity (Wildman–Crippen MR) is 141 cm³/mol. The molecule has 0 unspecified atom stereocenters. The molecule has 0 saturated carbocycles. The number of allylic oxidation sites excluding steroid dienone is 1. The minimum atomic E-state index is -0.497. The molecule has 3 rings (SSSR count). The van der Waals surface area contributed by atoms with Crippen LogP contribution in [0.3, 0.4) is 0 Å². The highest BCUT2D eigenvalue weighted by atomic mass is 35.5. The molecule has 0 atom stereocenters. The van der Waals surface area contributed by atoms with Crippen LogP contribution in [-0.4, -0.2) is 13.0 Å². The van der Waals surface area contributed by atoms with Crippen LogP contribution in [0.1, 0.15) is 22.3 Å². The standard InChI is InChI=1S/C28H24Cl2N2O3/c1-4-7-20-12-19(13-22(16-31)28(33)32-25-9-6-5-8-18(25)2)14-26(34-3)27(20)35-17-21-10-11-23(29)15-24(21)30/h4-6,8-15H,1,7,17H2,2-3H3,(H,32,33)/b22-13+. The number of methoxy groups -OCH3 is 1. The average molecular weight is 507 g/mol. The lowest BCUT2D eigenvalue weighted by Crippen LogP contribution is -2.14. The summed E-state index contributed by atoms with van der Waals surface area (Å²) in [5.41, 5.74) is 3.68. The number of nitrogens with one attached hydrogen (secondary N) is 1. The second-order valence-electron chi connectivity index (χ2n) is 7.67. The number of para-hydroxylation sites is 1. The SMILES string of the molecule is C=CCc1cc(/C=C(\C#N)C(=O)Nc2ccccc2C)cc(OC)c1OCc1ccc(Cl)cc1Cl. The Balaban J connectivity index is 1.92. The third-order valence-corrected chi connectivity index (χ3v) is 5.78. The van der Waals surface area contributed by atoms with E-state index in [1.165, 1.54) is 13.2 Å². The number of amides is 1. The van der Waals surface area contributed by atoms with Gasteiger partial charge in [0.1, 0.15) is 18.2 Å². The van der Waals surface area contributed by atoms with Crippen LogP contribution in [0.25, 0.3) is 6.08 Å². The minimum absolute atomic E-state index is 0.0403. The van der Waals surface area contributed by atoms with Crippen LogP contribution in [0.5, 0.6) is 11.5 Å². The molecule has 0 heterocycles. The van der Waals surface area contributed by atoms with E-state index in [4.69, 9.17) is 32.7 Å². The molecule has 0 aliphatic rings. The van der Waals surface area contributed by atoms with E-state index in [9.17, 15) is 10.1 Å². The highest BCUT2D eigenvalue weighted by molar-refractivity contribution is 6.35. The molecule has 0 fully saturated rings. The Bertz CT molecular complexity index is 1330. The Morgan fingerprint density at radius 3 is 2.57 bits per heavy atom. The summed E-state index contributed by atoms with van der Waals surface area (Å²) in [5, 5.41) is 13.5. The lowest BCUT2D eigenvalue weighted by Gasteiger charge is -2.16. The zero-order chi connectivity index (χ0) is 25.4. The summed E-state index contributed by atoms with van der Waals surface area (Å²) >= 11 is 12.3. The van der Waals surface area contributed by atoms with Gasteiger partial charge >= 0.3 is 0 Å². The topological polar surface area (TPSA) is 71.4 Å². The number of carbonyl (C=O) groups is 1. The molecule has 7 heteroatoms. The number of anilines is 1. The quantitative estimate of drug-likeness (QED) is 0.190. The lowest BCUT2D eigenvalue weighted by atomic mass is 10.0. The summed E-state index contributed by atoms with van der Waals surface area (Å²) in [7, 11) is 1.53. The first-order chi connectivity index (χ1) is 16.9. The van der Waals surface area contributed by atoms with Gasteiger partial charge in [0.15, 0.2) is 11.5 Å². The molecule has 178 valence electrons. The van der Waals surface area contributed by atoms with E-state index in [0.29, 0.717) is 39.2 Å². The minimum Gasteiger partial charge on any atom is -0.493 e. The number of nitrogens with zero attached hydrogens (tertiary/aromatic N) is 1. The number of hydrogen-bond acceptors (Lipinski definition) is 4. The number of halogens is 2. The van der Waals surface area contributed by atoms with E-state index < -0.39 is 5.91 Å². The van der Waals surface area contributed by atoms with Crippen molar-refractivity contribution in [2.24, 2.45) is 0 Å². The van der Waals surface area contributed by atoms with Gasteiger partial charge in [-0.25, -0.2) is 0 Å². The molecule has 0 spiro atoms. The summed E-state index contributed by atoms with van der Waals surface area (Å²) in [6.45, 7) is 5.91. The van der Waals surface area contributed by atoms with E-state index in [1.807, 2.05) is 37.3 Å². The fraction of sp³-hybridized carbons (Fsp3) is 0.143. The summed E-state index contributed by atoms with van der Waals surface area (Å²) < 4.78 is 11.7. The van der Waals surface area contributed by atoms with Crippen LogP contribution >= 0.6 is 23.2 Å². The largest absolute Gasteiger partial charge is 0.493 e. The monoisotopic (exact) mass is 506 g/mol. The van der Waals surface area contributed by atoms with Gasteiger partial charge in [-0.1, -0.05) is 53.5 Å². The van der Waals surface area contributed by atoms with Crippen molar-refractivity contribution >= 4 is 40.9 Å². The van der Waals surface area contributed by atoms with Crippen molar-refractivity contribution in [3.8, 4) is 17.6 Å². The predicted octanol–water partition coefficient (Wildman–Crippen LogP) is 7.16. The third-order valence-electron chi connectivity index (χ3n) is 5.19. The van der Waals surface area contributed by atoms with Gasteiger partial charge in [0.05, 0.1) is 7.11 Å². The van der Waals surface area contributed by atoms with E-state index >= 15 is 0 Å². The van der Waals surface area contributed by atoms with Gasteiger partial charge in [-0.2, -0.15) is 5.26 Å². The van der Waals surface area contributed by atoms with Crippen LogP contribution < -0.4 is 14.8 Å². The molecular weight excluding hydrogens is 483 g/mol. The van der Waals surface area contributed by atoms with Crippen LogP contribution in [0.4, 0.5) is 5.69 Å². The fourth-order valence-corrected chi connectivity index (χ4v) is 3.86.